The van der Waals surface area contributed by atoms with Crippen LogP contribution in [0.3, 0.4) is 0 Å². The summed E-state index contributed by atoms with van der Waals surface area (Å²) in [6.07, 6.45) is 0.445. The lowest BCUT2D eigenvalue weighted by Crippen LogP contribution is -2.41. The molecule has 4 nitrogen and oxygen atoms in total. The first-order valence-corrected chi connectivity index (χ1v) is 7.56. The highest BCUT2D eigenvalue weighted by Crippen LogP contribution is 2.29. The summed E-state index contributed by atoms with van der Waals surface area (Å²) in [7, 11) is 1.33. The molecule has 0 radical (unpaired) electrons. The third-order valence-corrected chi connectivity index (χ3v) is 3.74. The predicted molar refractivity (Wildman–Crippen MR) is 89.0 cm³/mol. The number of methoxy groups -OCH3 is 1. The normalized spacial score (nSPS) is 11.8. The number of rotatable bonds is 6. The Balaban J connectivity index is 2.33. The Morgan fingerprint density at radius 2 is 1.43 bits per heavy atom. The molecule has 1 amide bonds. The molecule has 0 heterocycles. The van der Waals surface area contributed by atoms with E-state index in [1.54, 1.807) is 0 Å². The van der Waals surface area contributed by atoms with Crippen LogP contribution < -0.4 is 5.32 Å². The fraction of sp³-hybridized carbons (Fsp3) is 0.263. The molecule has 1 N–H and O–H groups in total. The van der Waals surface area contributed by atoms with Crippen molar-refractivity contribution < 1.29 is 14.3 Å². The van der Waals surface area contributed by atoms with E-state index in [9.17, 15) is 9.59 Å². The first-order chi connectivity index (χ1) is 11.1. The molecule has 23 heavy (non-hydrogen) atoms. The minimum Gasteiger partial charge on any atom is -0.467 e. The van der Waals surface area contributed by atoms with E-state index in [1.807, 2.05) is 60.7 Å². The van der Waals surface area contributed by atoms with Crippen LogP contribution in [0.2, 0.25) is 0 Å². The molecule has 0 spiro atoms. The summed E-state index contributed by atoms with van der Waals surface area (Å²) < 4.78 is 4.83. The Morgan fingerprint density at radius 3 is 1.83 bits per heavy atom. The summed E-state index contributed by atoms with van der Waals surface area (Å²) in [5.41, 5.74) is 2.19. The van der Waals surface area contributed by atoms with Gasteiger partial charge in [-0.1, -0.05) is 60.7 Å². The van der Waals surface area contributed by atoms with Crippen LogP contribution in [-0.4, -0.2) is 25.0 Å². The zero-order valence-electron chi connectivity index (χ0n) is 13.4. The van der Waals surface area contributed by atoms with Crippen LogP contribution in [0.1, 0.15) is 30.4 Å². The SMILES string of the molecule is COC(=O)[C@@H](CC(c1ccccc1)c1ccccc1)NC(C)=O. The van der Waals surface area contributed by atoms with Crippen LogP contribution in [0.5, 0.6) is 0 Å². The third kappa shape index (κ3) is 4.68. The average Bonchev–Trinajstić information content (AvgIpc) is 2.59. The topological polar surface area (TPSA) is 55.4 Å². The van der Waals surface area contributed by atoms with Crippen LogP contribution >= 0.6 is 0 Å². The molecule has 120 valence electrons. The van der Waals surface area contributed by atoms with E-state index in [2.05, 4.69) is 5.32 Å². The van der Waals surface area contributed by atoms with E-state index in [0.29, 0.717) is 6.42 Å². The van der Waals surface area contributed by atoms with E-state index >= 15 is 0 Å². The predicted octanol–water partition coefficient (Wildman–Crippen LogP) is 2.89. The molecule has 0 fully saturated rings. The van der Waals surface area contributed by atoms with Gasteiger partial charge in [-0.25, -0.2) is 4.79 Å². The number of nitrogens with one attached hydrogen (secondary N) is 1. The maximum absolute atomic E-state index is 12.0. The fourth-order valence-corrected chi connectivity index (χ4v) is 2.67. The standard InChI is InChI=1S/C19H21NO3/c1-14(21)20-18(19(22)23-2)13-17(15-9-5-3-6-10-15)16-11-7-4-8-12-16/h3-12,17-18H,13H2,1-2H3,(H,20,21)/t18-/m1/s1. The van der Waals surface area contributed by atoms with E-state index in [1.165, 1.54) is 14.0 Å². The molecule has 2 rings (SSSR count). The number of amides is 1. The molecule has 4 heteroatoms. The molecule has 0 aliphatic heterocycles. The van der Waals surface area contributed by atoms with Crippen molar-refractivity contribution in [3.8, 4) is 0 Å². The number of carbonyl (C=O) groups excluding carboxylic acids is 2. The Morgan fingerprint density at radius 1 is 0.957 bits per heavy atom. The molecular formula is C19H21NO3. The molecule has 0 saturated heterocycles. The molecule has 0 saturated carbocycles. The van der Waals surface area contributed by atoms with Gasteiger partial charge in [0.15, 0.2) is 0 Å². The molecule has 0 aliphatic carbocycles. The van der Waals surface area contributed by atoms with Crippen LogP contribution in [-0.2, 0) is 14.3 Å². The first-order valence-electron chi connectivity index (χ1n) is 7.56. The van der Waals surface area contributed by atoms with Gasteiger partial charge in [0.2, 0.25) is 5.91 Å². The Hall–Kier alpha value is -2.62. The maximum atomic E-state index is 12.0. The molecule has 0 bridgehead atoms. The number of benzene rings is 2. The molecule has 0 aliphatic rings. The van der Waals surface area contributed by atoms with Crippen LogP contribution in [0.25, 0.3) is 0 Å². The van der Waals surface area contributed by atoms with Gasteiger partial charge in [0, 0.05) is 12.8 Å². The van der Waals surface area contributed by atoms with Gasteiger partial charge < -0.3 is 10.1 Å². The zero-order chi connectivity index (χ0) is 16.7. The molecular weight excluding hydrogens is 290 g/mol. The van der Waals surface area contributed by atoms with E-state index in [0.717, 1.165) is 11.1 Å². The summed E-state index contributed by atoms with van der Waals surface area (Å²) in [6, 6.07) is 19.2. The largest absolute Gasteiger partial charge is 0.467 e. The van der Waals surface area contributed by atoms with Gasteiger partial charge in [0.1, 0.15) is 6.04 Å². The van der Waals surface area contributed by atoms with Gasteiger partial charge in [-0.05, 0) is 17.5 Å². The van der Waals surface area contributed by atoms with E-state index in [-0.39, 0.29) is 11.8 Å². The number of hydrogen-bond donors (Lipinski definition) is 1. The van der Waals surface area contributed by atoms with Crippen molar-refractivity contribution in [1.29, 1.82) is 0 Å². The average molecular weight is 311 g/mol. The third-order valence-electron chi connectivity index (χ3n) is 3.74. The molecule has 0 aromatic heterocycles. The van der Waals surface area contributed by atoms with Gasteiger partial charge >= 0.3 is 5.97 Å². The highest BCUT2D eigenvalue weighted by Gasteiger charge is 2.26. The second-order valence-electron chi connectivity index (χ2n) is 5.39. The zero-order valence-corrected chi connectivity index (χ0v) is 13.4. The van der Waals surface area contributed by atoms with Gasteiger partial charge in [0.05, 0.1) is 7.11 Å². The van der Waals surface area contributed by atoms with Gasteiger partial charge in [-0.2, -0.15) is 0 Å². The minimum absolute atomic E-state index is 0.00616. The summed E-state index contributed by atoms with van der Waals surface area (Å²) in [4.78, 5) is 23.4. The van der Waals surface area contributed by atoms with Crippen molar-refractivity contribution >= 4 is 11.9 Å². The summed E-state index contributed by atoms with van der Waals surface area (Å²) in [5, 5.41) is 2.69. The number of ether oxygens (including phenoxy) is 1. The minimum atomic E-state index is -0.678. The second kappa shape index (κ2) is 8.13. The summed E-state index contributed by atoms with van der Waals surface area (Å²) >= 11 is 0. The van der Waals surface area contributed by atoms with Gasteiger partial charge in [-0.3, -0.25) is 4.79 Å². The van der Waals surface area contributed by atoms with Gasteiger partial charge in [-0.15, -0.1) is 0 Å². The lowest BCUT2D eigenvalue weighted by atomic mass is 9.86. The lowest BCUT2D eigenvalue weighted by Gasteiger charge is -2.23. The second-order valence-corrected chi connectivity index (χ2v) is 5.39. The molecule has 2 aromatic carbocycles. The molecule has 2 aromatic rings. The highest BCUT2D eigenvalue weighted by atomic mass is 16.5. The number of carbonyl (C=O) groups is 2. The van der Waals surface area contributed by atoms with Crippen molar-refractivity contribution in [2.45, 2.75) is 25.3 Å². The van der Waals surface area contributed by atoms with Crippen LogP contribution in [0.4, 0.5) is 0 Å². The van der Waals surface area contributed by atoms with Crippen molar-refractivity contribution in [2.75, 3.05) is 7.11 Å². The lowest BCUT2D eigenvalue weighted by molar-refractivity contribution is -0.145. The smallest absolute Gasteiger partial charge is 0.328 e. The summed E-state index contributed by atoms with van der Waals surface area (Å²) in [6.45, 7) is 1.40. The highest BCUT2D eigenvalue weighted by molar-refractivity contribution is 5.83. The molecule has 1 atom stereocenters. The van der Waals surface area contributed by atoms with Crippen molar-refractivity contribution in [1.82, 2.24) is 5.32 Å². The van der Waals surface area contributed by atoms with Crippen molar-refractivity contribution in [3.05, 3.63) is 71.8 Å². The fourth-order valence-electron chi connectivity index (χ4n) is 2.67. The quantitative estimate of drug-likeness (QED) is 0.835. The maximum Gasteiger partial charge on any atom is 0.328 e. The van der Waals surface area contributed by atoms with Crippen molar-refractivity contribution in [3.63, 3.8) is 0 Å². The Labute approximate surface area is 136 Å². The molecule has 0 unspecified atom stereocenters. The van der Waals surface area contributed by atoms with Crippen LogP contribution in [0, 0.1) is 0 Å². The Bertz CT molecular complexity index is 601. The monoisotopic (exact) mass is 311 g/mol. The first kappa shape index (κ1) is 16.7. The van der Waals surface area contributed by atoms with E-state index < -0.39 is 12.0 Å². The number of hydrogen-bond acceptors (Lipinski definition) is 3. The van der Waals surface area contributed by atoms with Crippen molar-refractivity contribution in [2.24, 2.45) is 0 Å². The van der Waals surface area contributed by atoms with Crippen LogP contribution in [0.15, 0.2) is 60.7 Å². The van der Waals surface area contributed by atoms with Gasteiger partial charge in [0.25, 0.3) is 0 Å². The summed E-state index contributed by atoms with van der Waals surface area (Å²) in [5.74, 6) is -0.689. The van der Waals surface area contributed by atoms with E-state index in [4.69, 9.17) is 4.74 Å². The number of esters is 1. The Kier molecular flexibility index (Phi) is 5.92.